The standard InChI is InChI=1S/C18H27N5O3.HI/c1-6-24-15-9-8-14(10-16(15)25-7-2)12(3)21-18(19-5)20-11-17-22-13(4)23-26-17;/h8-10,12H,6-7,11H2,1-5H3,(H2,19,20,21);1H. The van der Waals surface area contributed by atoms with E-state index in [1.165, 1.54) is 0 Å². The van der Waals surface area contributed by atoms with Crippen LogP contribution in [-0.4, -0.2) is 36.4 Å². The minimum absolute atomic E-state index is 0. The number of benzene rings is 1. The van der Waals surface area contributed by atoms with E-state index in [1.54, 1.807) is 14.0 Å². The molecule has 1 heterocycles. The number of aliphatic imine (C=N–C) groups is 1. The van der Waals surface area contributed by atoms with E-state index in [1.807, 2.05) is 32.0 Å². The van der Waals surface area contributed by atoms with Crippen LogP contribution in [0.1, 0.15) is 44.1 Å². The topological polar surface area (TPSA) is 93.8 Å². The van der Waals surface area contributed by atoms with Crippen LogP contribution in [0.15, 0.2) is 27.7 Å². The van der Waals surface area contributed by atoms with Gasteiger partial charge in [-0.2, -0.15) is 4.98 Å². The molecule has 2 rings (SSSR count). The van der Waals surface area contributed by atoms with Crippen LogP contribution in [0.3, 0.4) is 0 Å². The third-order valence-corrected chi connectivity index (χ3v) is 3.62. The second-order valence-electron chi connectivity index (χ2n) is 5.60. The molecule has 2 N–H and O–H groups in total. The summed E-state index contributed by atoms with van der Waals surface area (Å²) in [4.78, 5) is 8.39. The Morgan fingerprint density at radius 1 is 1.22 bits per heavy atom. The number of ether oxygens (including phenoxy) is 2. The van der Waals surface area contributed by atoms with Crippen molar-refractivity contribution in [3.05, 3.63) is 35.5 Å². The molecule has 150 valence electrons. The summed E-state index contributed by atoms with van der Waals surface area (Å²) in [6.07, 6.45) is 0. The van der Waals surface area contributed by atoms with Gasteiger partial charge in [0, 0.05) is 7.05 Å². The second kappa shape index (κ2) is 11.6. The Balaban J connectivity index is 0.00000364. The van der Waals surface area contributed by atoms with E-state index in [-0.39, 0.29) is 30.0 Å². The van der Waals surface area contributed by atoms with Crippen LogP contribution in [0.5, 0.6) is 11.5 Å². The largest absolute Gasteiger partial charge is 0.490 e. The molecule has 8 nitrogen and oxygen atoms in total. The van der Waals surface area contributed by atoms with Crippen molar-refractivity contribution in [1.82, 2.24) is 20.8 Å². The van der Waals surface area contributed by atoms with E-state index in [0.717, 1.165) is 17.1 Å². The lowest BCUT2D eigenvalue weighted by Gasteiger charge is -2.19. The molecule has 1 aromatic heterocycles. The van der Waals surface area contributed by atoms with Gasteiger partial charge in [-0.05, 0) is 45.4 Å². The first-order chi connectivity index (χ1) is 12.6. The summed E-state index contributed by atoms with van der Waals surface area (Å²) in [5.74, 6) is 3.25. The summed E-state index contributed by atoms with van der Waals surface area (Å²) >= 11 is 0. The van der Waals surface area contributed by atoms with Crippen molar-refractivity contribution in [2.45, 2.75) is 40.3 Å². The highest BCUT2D eigenvalue weighted by molar-refractivity contribution is 14.0. The molecule has 0 bridgehead atoms. The van der Waals surface area contributed by atoms with Gasteiger partial charge in [0.05, 0.1) is 25.8 Å². The molecule has 1 aromatic carbocycles. The fourth-order valence-electron chi connectivity index (χ4n) is 2.39. The molecule has 0 aliphatic heterocycles. The number of nitrogens with one attached hydrogen (secondary N) is 2. The number of halogens is 1. The van der Waals surface area contributed by atoms with Crippen LogP contribution in [0.4, 0.5) is 0 Å². The molecule has 27 heavy (non-hydrogen) atoms. The van der Waals surface area contributed by atoms with Gasteiger partial charge in [0.15, 0.2) is 23.3 Å². The Hall–Kier alpha value is -2.04. The number of rotatable bonds is 8. The summed E-state index contributed by atoms with van der Waals surface area (Å²) in [5.41, 5.74) is 1.06. The highest BCUT2D eigenvalue weighted by Gasteiger charge is 2.13. The van der Waals surface area contributed by atoms with Crippen LogP contribution in [0.2, 0.25) is 0 Å². The number of hydrogen-bond donors (Lipinski definition) is 2. The molecule has 9 heteroatoms. The first kappa shape index (κ1) is 23.0. The summed E-state index contributed by atoms with van der Waals surface area (Å²) < 4.78 is 16.4. The number of aromatic nitrogens is 2. The van der Waals surface area contributed by atoms with Crippen molar-refractivity contribution < 1.29 is 14.0 Å². The van der Waals surface area contributed by atoms with E-state index in [0.29, 0.717) is 37.4 Å². The minimum atomic E-state index is 0. The molecule has 1 unspecified atom stereocenters. The number of nitrogens with zero attached hydrogens (tertiary/aromatic N) is 3. The predicted molar refractivity (Wildman–Crippen MR) is 115 cm³/mol. The van der Waals surface area contributed by atoms with Gasteiger partial charge in [0.2, 0.25) is 5.89 Å². The Morgan fingerprint density at radius 2 is 1.93 bits per heavy atom. The first-order valence-electron chi connectivity index (χ1n) is 8.73. The molecule has 0 spiro atoms. The van der Waals surface area contributed by atoms with Crippen LogP contribution >= 0.6 is 24.0 Å². The average Bonchev–Trinajstić information content (AvgIpc) is 3.05. The van der Waals surface area contributed by atoms with Gasteiger partial charge in [-0.3, -0.25) is 4.99 Å². The van der Waals surface area contributed by atoms with Gasteiger partial charge in [-0.15, -0.1) is 24.0 Å². The monoisotopic (exact) mass is 489 g/mol. The molecule has 0 fully saturated rings. The van der Waals surface area contributed by atoms with E-state index >= 15 is 0 Å². The highest BCUT2D eigenvalue weighted by Crippen LogP contribution is 2.30. The van der Waals surface area contributed by atoms with Crippen molar-refractivity contribution >= 4 is 29.9 Å². The Labute approximate surface area is 177 Å². The Morgan fingerprint density at radius 3 is 2.52 bits per heavy atom. The van der Waals surface area contributed by atoms with Crippen molar-refractivity contribution in [2.75, 3.05) is 20.3 Å². The van der Waals surface area contributed by atoms with Gasteiger partial charge < -0.3 is 24.6 Å². The van der Waals surface area contributed by atoms with Crippen molar-refractivity contribution in [2.24, 2.45) is 4.99 Å². The summed E-state index contributed by atoms with van der Waals surface area (Å²) in [7, 11) is 1.71. The smallest absolute Gasteiger partial charge is 0.246 e. The number of guanidine groups is 1. The zero-order valence-corrected chi connectivity index (χ0v) is 18.7. The molecular weight excluding hydrogens is 461 g/mol. The lowest BCUT2D eigenvalue weighted by molar-refractivity contribution is 0.287. The maximum Gasteiger partial charge on any atom is 0.246 e. The molecule has 0 aliphatic rings. The average molecular weight is 489 g/mol. The summed E-state index contributed by atoms with van der Waals surface area (Å²) in [6.45, 7) is 9.32. The molecule has 2 aromatic rings. The molecule has 0 amide bonds. The van der Waals surface area contributed by atoms with E-state index in [2.05, 4.69) is 32.7 Å². The van der Waals surface area contributed by atoms with Crippen LogP contribution in [-0.2, 0) is 6.54 Å². The summed E-state index contributed by atoms with van der Waals surface area (Å²) in [5, 5.41) is 10.3. The fourth-order valence-corrected chi connectivity index (χ4v) is 2.39. The second-order valence-corrected chi connectivity index (χ2v) is 5.60. The molecule has 0 radical (unpaired) electrons. The SMILES string of the molecule is CCOc1ccc(C(C)NC(=NC)NCc2nc(C)no2)cc1OCC.I. The van der Waals surface area contributed by atoms with Crippen LogP contribution < -0.4 is 20.1 Å². The van der Waals surface area contributed by atoms with Gasteiger partial charge in [-0.1, -0.05) is 11.2 Å². The maximum absolute atomic E-state index is 5.69. The van der Waals surface area contributed by atoms with Crippen LogP contribution in [0, 0.1) is 6.92 Å². The fraction of sp³-hybridized carbons (Fsp3) is 0.500. The number of hydrogen-bond acceptors (Lipinski definition) is 6. The zero-order valence-electron chi connectivity index (χ0n) is 16.4. The Kier molecular flexibility index (Phi) is 9.90. The van der Waals surface area contributed by atoms with Gasteiger partial charge in [0.1, 0.15) is 0 Å². The lowest BCUT2D eigenvalue weighted by atomic mass is 10.1. The van der Waals surface area contributed by atoms with E-state index in [4.69, 9.17) is 14.0 Å². The van der Waals surface area contributed by atoms with E-state index in [9.17, 15) is 0 Å². The molecular formula is C18H28IN5O3. The quantitative estimate of drug-likeness (QED) is 0.334. The third kappa shape index (κ3) is 6.89. The minimum Gasteiger partial charge on any atom is -0.490 e. The first-order valence-corrected chi connectivity index (χ1v) is 8.73. The van der Waals surface area contributed by atoms with Crippen molar-refractivity contribution in [3.8, 4) is 11.5 Å². The maximum atomic E-state index is 5.69. The van der Waals surface area contributed by atoms with Gasteiger partial charge in [-0.25, -0.2) is 0 Å². The molecule has 0 saturated heterocycles. The summed E-state index contributed by atoms with van der Waals surface area (Å²) in [6, 6.07) is 5.94. The highest BCUT2D eigenvalue weighted by atomic mass is 127. The van der Waals surface area contributed by atoms with Crippen molar-refractivity contribution in [1.29, 1.82) is 0 Å². The molecule has 0 aliphatic carbocycles. The lowest BCUT2D eigenvalue weighted by Crippen LogP contribution is -2.38. The predicted octanol–water partition coefficient (Wildman–Crippen LogP) is 3.22. The zero-order chi connectivity index (χ0) is 18.9. The van der Waals surface area contributed by atoms with Crippen LogP contribution in [0.25, 0.3) is 0 Å². The molecule has 0 saturated carbocycles. The normalized spacial score (nSPS) is 12.1. The van der Waals surface area contributed by atoms with Crippen molar-refractivity contribution in [3.63, 3.8) is 0 Å². The number of aryl methyl sites for hydroxylation is 1. The molecule has 1 atom stereocenters. The third-order valence-electron chi connectivity index (χ3n) is 3.62. The van der Waals surface area contributed by atoms with Gasteiger partial charge in [0.25, 0.3) is 0 Å². The Bertz CT molecular complexity index is 736. The van der Waals surface area contributed by atoms with E-state index < -0.39 is 0 Å². The van der Waals surface area contributed by atoms with Gasteiger partial charge >= 0.3 is 0 Å².